The van der Waals surface area contributed by atoms with Crippen molar-refractivity contribution in [1.29, 1.82) is 0 Å². The number of anilines is 1. The average molecular weight is 498 g/mol. The van der Waals surface area contributed by atoms with E-state index in [-0.39, 0.29) is 11.5 Å². The van der Waals surface area contributed by atoms with Crippen molar-refractivity contribution >= 4 is 33.1 Å². The Morgan fingerprint density at radius 1 is 1.08 bits per heavy atom. The summed E-state index contributed by atoms with van der Waals surface area (Å²) in [5.74, 6) is 1.05. The lowest BCUT2D eigenvalue weighted by atomic mass is 10.1. The summed E-state index contributed by atoms with van der Waals surface area (Å²) < 4.78 is 7.17. The lowest BCUT2D eigenvalue weighted by molar-refractivity contribution is -0.117. The van der Waals surface area contributed by atoms with Gasteiger partial charge in [0.1, 0.15) is 4.83 Å². The van der Waals surface area contributed by atoms with Gasteiger partial charge in [-0.15, -0.1) is 11.3 Å². The summed E-state index contributed by atoms with van der Waals surface area (Å²) in [4.78, 5) is 37.7. The van der Waals surface area contributed by atoms with Gasteiger partial charge in [-0.25, -0.2) is 4.98 Å². The summed E-state index contributed by atoms with van der Waals surface area (Å²) in [5, 5.41) is 4.71. The number of nitrogens with zero attached hydrogens (tertiary/aromatic N) is 5. The second-order valence-electron chi connectivity index (χ2n) is 9.02. The van der Waals surface area contributed by atoms with Crippen molar-refractivity contribution in [2.75, 3.05) is 11.4 Å². The summed E-state index contributed by atoms with van der Waals surface area (Å²) in [6.07, 6.45) is 3.07. The van der Waals surface area contributed by atoms with Crippen LogP contribution in [-0.2, 0) is 11.3 Å². The Balaban J connectivity index is 1.30. The molecular weight excluding hydrogens is 474 g/mol. The van der Waals surface area contributed by atoms with Gasteiger partial charge in [-0.3, -0.25) is 14.2 Å². The molecule has 0 atom stereocenters. The Kier molecular flexibility index (Phi) is 5.49. The first-order valence-corrected chi connectivity index (χ1v) is 12.6. The molecule has 0 N–H and O–H groups in total. The molecule has 3 aromatic heterocycles. The van der Waals surface area contributed by atoms with Crippen LogP contribution in [0.15, 0.2) is 64.2 Å². The maximum atomic E-state index is 13.4. The van der Waals surface area contributed by atoms with Gasteiger partial charge in [0, 0.05) is 24.2 Å². The molecule has 0 spiro atoms. The molecule has 1 aliphatic rings. The van der Waals surface area contributed by atoms with Crippen molar-refractivity contribution in [1.82, 2.24) is 19.7 Å². The number of aryl methyl sites for hydroxylation is 2. The van der Waals surface area contributed by atoms with Gasteiger partial charge >= 0.3 is 0 Å². The molecule has 1 amide bonds. The maximum Gasteiger partial charge on any atom is 0.268 e. The lowest BCUT2D eigenvalue weighted by Gasteiger charge is -2.16. The molecule has 2 aromatic carbocycles. The fraction of sp³-hybridized carbons (Fsp3) is 0.222. The topological polar surface area (TPSA) is 94.1 Å². The molecule has 0 aliphatic carbocycles. The molecule has 4 heterocycles. The van der Waals surface area contributed by atoms with Crippen LogP contribution in [0.5, 0.6) is 0 Å². The molecule has 0 saturated carbocycles. The zero-order chi connectivity index (χ0) is 24.8. The first-order chi connectivity index (χ1) is 17.5. The fourth-order valence-electron chi connectivity index (χ4n) is 4.59. The number of carbonyl (C=O) groups is 1. The molecule has 0 bridgehead atoms. The minimum atomic E-state index is -0.114. The van der Waals surface area contributed by atoms with Crippen LogP contribution in [0, 0.1) is 13.8 Å². The highest BCUT2D eigenvalue weighted by molar-refractivity contribution is 7.22. The van der Waals surface area contributed by atoms with Gasteiger partial charge in [0.25, 0.3) is 11.4 Å². The summed E-state index contributed by atoms with van der Waals surface area (Å²) >= 11 is 1.38. The van der Waals surface area contributed by atoms with Crippen LogP contribution in [0.3, 0.4) is 0 Å². The van der Waals surface area contributed by atoms with Crippen molar-refractivity contribution < 1.29 is 9.32 Å². The number of fused-ring (bicyclic) bond motifs is 1. The highest BCUT2D eigenvalue weighted by atomic mass is 32.1. The quantitative estimate of drug-likeness (QED) is 0.340. The minimum Gasteiger partial charge on any atom is -0.333 e. The Morgan fingerprint density at radius 3 is 2.67 bits per heavy atom. The first-order valence-electron chi connectivity index (χ1n) is 11.8. The van der Waals surface area contributed by atoms with E-state index >= 15 is 0 Å². The molecule has 0 unspecified atom stereocenters. The zero-order valence-corrected chi connectivity index (χ0v) is 20.7. The monoisotopic (exact) mass is 497 g/mol. The summed E-state index contributed by atoms with van der Waals surface area (Å²) in [6, 6.07) is 15.7. The number of hydrogen-bond donors (Lipinski definition) is 0. The second-order valence-corrected chi connectivity index (χ2v) is 10.0. The third kappa shape index (κ3) is 3.91. The zero-order valence-electron chi connectivity index (χ0n) is 19.9. The number of carbonyl (C=O) groups excluding carboxylic acids is 1. The largest absolute Gasteiger partial charge is 0.333 e. The van der Waals surface area contributed by atoms with Gasteiger partial charge in [-0.1, -0.05) is 41.1 Å². The molecule has 1 fully saturated rings. The van der Waals surface area contributed by atoms with E-state index in [1.54, 1.807) is 10.9 Å². The van der Waals surface area contributed by atoms with Crippen molar-refractivity contribution in [2.45, 2.75) is 33.2 Å². The van der Waals surface area contributed by atoms with E-state index in [9.17, 15) is 9.59 Å². The van der Waals surface area contributed by atoms with Crippen molar-refractivity contribution in [2.24, 2.45) is 0 Å². The Morgan fingerprint density at radius 2 is 1.92 bits per heavy atom. The van der Waals surface area contributed by atoms with E-state index in [0.717, 1.165) is 45.8 Å². The number of thiophene rings is 1. The van der Waals surface area contributed by atoms with Crippen molar-refractivity contribution in [3.8, 4) is 22.2 Å². The fourth-order valence-corrected chi connectivity index (χ4v) is 5.65. The van der Waals surface area contributed by atoms with E-state index in [4.69, 9.17) is 4.52 Å². The van der Waals surface area contributed by atoms with E-state index < -0.39 is 0 Å². The highest BCUT2D eigenvalue weighted by Gasteiger charge is 2.22. The Labute approximate surface area is 210 Å². The van der Waals surface area contributed by atoms with Crippen LogP contribution in [-0.4, -0.2) is 32.1 Å². The van der Waals surface area contributed by atoms with Crippen molar-refractivity contribution in [3.63, 3.8) is 0 Å². The minimum absolute atomic E-state index is 0.114. The standard InChI is InChI=1S/C27H23N5O3S/c1-16-5-3-6-19(13-16)24-29-25(35-30-24)23-17(2)22-26(36-23)28-15-31(27(22)34)14-18-8-10-20(11-9-18)32-12-4-7-21(32)33/h3,5-6,8-11,13,15H,4,7,12,14H2,1-2H3. The van der Waals surface area contributed by atoms with Gasteiger partial charge < -0.3 is 9.42 Å². The SMILES string of the molecule is Cc1cccc(-c2noc(-c3sc4ncn(Cc5ccc(N6CCCC6=O)cc5)c(=O)c4c3C)n2)c1. The van der Waals surface area contributed by atoms with E-state index in [2.05, 4.69) is 15.1 Å². The maximum absolute atomic E-state index is 13.4. The van der Waals surface area contributed by atoms with Gasteiger partial charge in [0.15, 0.2) is 0 Å². The number of hydrogen-bond acceptors (Lipinski definition) is 7. The van der Waals surface area contributed by atoms with Gasteiger partial charge in [-0.2, -0.15) is 4.98 Å². The molecule has 1 saturated heterocycles. The smallest absolute Gasteiger partial charge is 0.268 e. The molecule has 0 radical (unpaired) electrons. The van der Waals surface area contributed by atoms with Gasteiger partial charge in [0.2, 0.25) is 11.7 Å². The highest BCUT2D eigenvalue weighted by Crippen LogP contribution is 2.35. The van der Waals surface area contributed by atoms with E-state index in [1.807, 2.05) is 67.3 Å². The summed E-state index contributed by atoms with van der Waals surface area (Å²) in [5.41, 5.74) is 4.51. The van der Waals surface area contributed by atoms with Gasteiger partial charge in [-0.05, 0) is 49.6 Å². The van der Waals surface area contributed by atoms with Crippen molar-refractivity contribution in [3.05, 3.63) is 81.9 Å². The molecule has 180 valence electrons. The second kappa shape index (κ2) is 8.83. The normalized spacial score (nSPS) is 13.7. The Hall–Kier alpha value is -4.11. The number of aromatic nitrogens is 4. The Bertz CT molecular complexity index is 1670. The van der Waals surface area contributed by atoms with Gasteiger partial charge in [0.05, 0.1) is 23.1 Å². The van der Waals surface area contributed by atoms with Crippen LogP contribution in [0.1, 0.15) is 29.5 Å². The predicted octanol–water partition coefficient (Wildman–Crippen LogP) is 4.97. The van der Waals surface area contributed by atoms with Crippen LogP contribution < -0.4 is 10.5 Å². The molecule has 8 nitrogen and oxygen atoms in total. The third-order valence-corrected chi connectivity index (χ3v) is 7.68. The predicted molar refractivity (Wildman–Crippen MR) is 139 cm³/mol. The van der Waals surface area contributed by atoms with Crippen LogP contribution in [0.4, 0.5) is 5.69 Å². The molecule has 1 aliphatic heterocycles. The number of amides is 1. The van der Waals surface area contributed by atoms with Crippen LogP contribution >= 0.6 is 11.3 Å². The summed E-state index contributed by atoms with van der Waals surface area (Å²) in [6.45, 7) is 5.05. The molecule has 5 aromatic rings. The molecular formula is C27H23N5O3S. The van der Waals surface area contributed by atoms with E-state index in [1.165, 1.54) is 11.3 Å². The molecule has 6 rings (SSSR count). The molecule has 36 heavy (non-hydrogen) atoms. The van der Waals surface area contributed by atoms with E-state index in [0.29, 0.717) is 34.9 Å². The molecule has 9 heteroatoms. The van der Waals surface area contributed by atoms with Crippen LogP contribution in [0.2, 0.25) is 0 Å². The third-order valence-electron chi connectivity index (χ3n) is 6.49. The lowest BCUT2D eigenvalue weighted by Crippen LogP contribution is -2.23. The number of benzene rings is 2. The number of rotatable bonds is 5. The van der Waals surface area contributed by atoms with Crippen LogP contribution in [0.25, 0.3) is 32.4 Å². The summed E-state index contributed by atoms with van der Waals surface area (Å²) in [7, 11) is 0. The average Bonchev–Trinajstić information content (AvgIpc) is 3.60. The first kappa shape index (κ1) is 22.4.